The van der Waals surface area contributed by atoms with Gasteiger partial charge >= 0.3 is 0 Å². The molecular weight excluding hydrogens is 1140 g/mol. The van der Waals surface area contributed by atoms with Crippen LogP contribution in [0.4, 0.5) is 0 Å². The minimum atomic E-state index is -1.85. The van der Waals surface area contributed by atoms with Crippen molar-refractivity contribution in [1.82, 2.24) is 0 Å². The van der Waals surface area contributed by atoms with Gasteiger partial charge in [-0.2, -0.15) is 0 Å². The van der Waals surface area contributed by atoms with E-state index in [1.165, 1.54) is 17.8 Å². The molecule has 4 N–H and O–H groups in total. The Morgan fingerprint density at radius 2 is 1.18 bits per heavy atom. The Hall–Kier alpha value is 3.08. The molecule has 0 saturated carbocycles. The van der Waals surface area contributed by atoms with Gasteiger partial charge < -0.3 is 43.8 Å². The van der Waals surface area contributed by atoms with Crippen molar-refractivity contribution in [2.45, 2.75) is 167 Å². The standard InChI is InChI=1S/C20H38O4Si.C13H22O5.2CH4.S17/c1-9-13(2)19-17(24-25(7,8)20(4,5)6)10-14(3)15(23-19)11-16-18(12-21)22-16;1-3-7(2)13-8(15)4-11-12(18-13)5-10(17-11)9(16)6-14;;;1-3-5-7-9-11-13-15-17-16-14-12-10-8-6-4-2/h9,13-19,21H,1,10-12H2,2-8H3;3,7-16H,1,4-6H2,2H3;2*1H4;/t13-,14+,15+,16+,17-,18-,19-;7-,8-,9-,10-,11+,12+,13-;;;/m00.../s1. The van der Waals surface area contributed by atoms with Gasteiger partial charge in [-0.1, -0.05) is 68.5 Å². The zero-order valence-corrected chi connectivity index (χ0v) is 49.5. The number of rotatable bonds is 11. The van der Waals surface area contributed by atoms with Crippen LogP contribution in [0.25, 0.3) is 0 Å². The maximum atomic E-state index is 10.0. The summed E-state index contributed by atoms with van der Waals surface area (Å²) in [5, 5.41) is 37.9. The maximum Gasteiger partial charge on any atom is 0.192 e. The lowest BCUT2D eigenvalue weighted by Crippen LogP contribution is -2.53. The van der Waals surface area contributed by atoms with E-state index in [2.05, 4.69) is 60.9 Å². The first kappa shape index (κ1) is 65.1. The van der Waals surface area contributed by atoms with E-state index in [9.17, 15) is 15.3 Å². The normalized spacial score (nSPS) is 29.7. The Morgan fingerprint density at radius 3 is 1.60 bits per heavy atom. The monoisotopic (exact) mass is 1200 g/mol. The van der Waals surface area contributed by atoms with Gasteiger partial charge in [-0.15, -0.1) is 13.2 Å². The lowest BCUT2D eigenvalue weighted by molar-refractivity contribution is -0.167. The van der Waals surface area contributed by atoms with Gasteiger partial charge in [0.2, 0.25) is 0 Å². The van der Waals surface area contributed by atoms with Gasteiger partial charge in [0.25, 0.3) is 0 Å². The van der Waals surface area contributed by atoms with Crippen LogP contribution >= 0.6 is 0 Å². The van der Waals surface area contributed by atoms with Crippen molar-refractivity contribution < 1.29 is 43.8 Å². The number of aliphatic hydroxyl groups is 4. The summed E-state index contributed by atoms with van der Waals surface area (Å²) in [5.74, 6) is 0.743. The second-order valence-corrected chi connectivity index (χ2v) is 47.0. The third-order valence-electron chi connectivity index (χ3n) is 10.7. The summed E-state index contributed by atoms with van der Waals surface area (Å²) >= 11 is 9.48. The molecule has 4 fully saturated rings. The molecule has 4 saturated heterocycles. The maximum absolute atomic E-state index is 10.0. The van der Waals surface area contributed by atoms with Crippen molar-refractivity contribution in [3.05, 3.63) is 25.3 Å². The van der Waals surface area contributed by atoms with Crippen molar-refractivity contribution in [2.24, 2.45) is 17.8 Å². The van der Waals surface area contributed by atoms with E-state index in [1.54, 1.807) is 122 Å². The second-order valence-electron chi connectivity index (χ2n) is 15.8. The van der Waals surface area contributed by atoms with Gasteiger partial charge in [0.05, 0.1) is 68.1 Å². The van der Waals surface area contributed by atoms with Crippen LogP contribution in [0.3, 0.4) is 0 Å². The van der Waals surface area contributed by atoms with Crippen LogP contribution in [0.5, 0.6) is 0 Å². The third kappa shape index (κ3) is 23.8. The van der Waals surface area contributed by atoms with Crippen LogP contribution < -0.4 is 0 Å². The lowest BCUT2D eigenvalue weighted by atomic mass is 9.85. The molecule has 0 aromatic heterocycles. The van der Waals surface area contributed by atoms with E-state index >= 15 is 0 Å². The number of hydrogen-bond acceptors (Lipinski definition) is 11. The van der Waals surface area contributed by atoms with Crippen LogP contribution in [0.15, 0.2) is 25.3 Å². The van der Waals surface area contributed by atoms with Crippen molar-refractivity contribution in [1.29, 1.82) is 0 Å². The van der Waals surface area contributed by atoms with Crippen molar-refractivity contribution >= 4 is 164 Å². The molecule has 4 aliphatic rings. The van der Waals surface area contributed by atoms with Crippen LogP contribution in [-0.4, -0.2) is 109 Å². The zero-order valence-electron chi connectivity index (χ0n) is 34.7. The molecule has 14 atom stereocenters. The Labute approximate surface area is 425 Å². The Balaban J connectivity index is 0.000000909. The number of epoxide rings is 1. The van der Waals surface area contributed by atoms with Crippen LogP contribution in [0.2, 0.25) is 18.1 Å². The largest absolute Gasteiger partial charge is 0.411 e. The van der Waals surface area contributed by atoms with Crippen LogP contribution in [0, 0.1) is 17.8 Å². The van der Waals surface area contributed by atoms with E-state index in [-0.39, 0.29) is 93.8 Å². The summed E-state index contributed by atoms with van der Waals surface area (Å²) in [6.45, 7) is 25.3. The molecule has 0 amide bonds. The highest BCUT2D eigenvalue weighted by atomic mass is 33.5. The molecule has 4 rings (SSSR count). The molecule has 0 spiro atoms. The van der Waals surface area contributed by atoms with Gasteiger partial charge in [0, 0.05) is 187 Å². The zero-order chi connectivity index (χ0) is 44.9. The molecule has 0 unspecified atom stereocenters. The summed E-state index contributed by atoms with van der Waals surface area (Å²) in [5.41, 5.74) is 0. The van der Waals surface area contributed by atoms with Gasteiger partial charge in [-0.3, -0.25) is 0 Å². The van der Waals surface area contributed by atoms with Crippen molar-refractivity contribution in [3.63, 3.8) is 0 Å². The van der Waals surface area contributed by atoms with Gasteiger partial charge in [-0.05, 0) is 30.5 Å². The molecule has 27 heteroatoms. The number of ether oxygens (including phenoxy) is 4. The quantitative estimate of drug-likeness (QED) is 0.124. The lowest BCUT2D eigenvalue weighted by Gasteiger charge is -2.47. The van der Waals surface area contributed by atoms with Gasteiger partial charge in [0.15, 0.2) is 8.32 Å². The van der Waals surface area contributed by atoms with Crippen molar-refractivity contribution in [3.8, 4) is 0 Å². The first-order valence-corrected chi connectivity index (χ1v) is 43.1. The Morgan fingerprint density at radius 1 is 0.710 bits per heavy atom. The second kappa shape index (κ2) is 35.2. The molecule has 62 heavy (non-hydrogen) atoms. The SMILES string of the molecule is C.C.C=C[C@H](C)[C@@H]1O[C@@H]2C[C@@H]([C@@H](O)CO)O[C@@H]2C[C@@H]1O.C=C[C@H](C)[C@@H]1O[C@H](C[C@H]2O[C@H]2CO)[C@H](C)C[C@@H]1O[Si](C)(C)C(C)(C)C.S=S=S=S=S=S=S=S=S=S=S=S=S=S=S=S=S. The van der Waals surface area contributed by atoms with E-state index in [4.69, 9.17) is 50.9 Å². The van der Waals surface area contributed by atoms with E-state index < -0.39 is 26.6 Å². The highest BCUT2D eigenvalue weighted by Gasteiger charge is 2.49. The summed E-state index contributed by atoms with van der Waals surface area (Å²) in [6.07, 6.45) is 4.70. The average Bonchev–Trinajstić information content (AvgIpc) is 3.85. The first-order chi connectivity index (χ1) is 28.5. The minimum Gasteiger partial charge on any atom is -0.411 e. The summed E-state index contributed by atoms with van der Waals surface area (Å²) in [7, 11) is 23.5. The highest BCUT2D eigenvalue weighted by Crippen LogP contribution is 2.43. The molecule has 0 bridgehead atoms. The minimum absolute atomic E-state index is 0. The van der Waals surface area contributed by atoms with Gasteiger partial charge in [0.1, 0.15) is 12.2 Å². The number of fused-ring (bicyclic) bond motifs is 1. The predicted octanol–water partition coefficient (Wildman–Crippen LogP) is 5.21. The molecular formula is C35H68O9S17Si. The van der Waals surface area contributed by atoms with E-state index in [0.717, 1.165) is 12.8 Å². The highest BCUT2D eigenvalue weighted by molar-refractivity contribution is 8.77. The summed E-state index contributed by atoms with van der Waals surface area (Å²) in [6, 6.07) is 0. The third-order valence-corrected chi connectivity index (χ3v) is 46.3. The molecule has 0 aromatic rings. The topological polar surface area (TPSA) is 130 Å². The molecule has 0 aromatic carbocycles. The molecule has 4 heterocycles. The smallest absolute Gasteiger partial charge is 0.192 e. The molecule has 4 aliphatic heterocycles. The predicted molar refractivity (Wildman–Crippen MR) is 308 cm³/mol. The average molecular weight is 1210 g/mol. The fourth-order valence-electron chi connectivity index (χ4n) is 6.29. The summed E-state index contributed by atoms with van der Waals surface area (Å²) in [4.78, 5) is 0. The fraction of sp³-hybridized carbons (Fsp3) is 0.886. The number of aliphatic hydroxyl groups excluding tert-OH is 4. The fourth-order valence-corrected chi connectivity index (χ4v) is 43.3. The molecule has 368 valence electrons. The number of hydrogen-bond donors (Lipinski definition) is 4. The Bertz CT molecular complexity index is 2000. The van der Waals surface area contributed by atoms with Crippen molar-refractivity contribution in [2.75, 3.05) is 13.2 Å². The molecule has 9 nitrogen and oxygen atoms in total. The first-order valence-electron chi connectivity index (χ1n) is 18.9. The summed E-state index contributed by atoms with van der Waals surface area (Å²) < 4.78 is 30.3. The van der Waals surface area contributed by atoms with Crippen LogP contribution in [0.1, 0.15) is 82.1 Å². The van der Waals surface area contributed by atoms with E-state index in [0.29, 0.717) is 18.8 Å². The molecule has 0 aliphatic carbocycles. The van der Waals surface area contributed by atoms with E-state index in [1.807, 2.05) is 13.0 Å². The van der Waals surface area contributed by atoms with Gasteiger partial charge in [-0.25, -0.2) is 0 Å². The molecule has 0 radical (unpaired) electrons. The Kier molecular flexibility index (Phi) is 37.0. The van der Waals surface area contributed by atoms with Crippen LogP contribution in [-0.2, 0) is 179 Å².